The molecule has 0 saturated heterocycles. The van der Waals surface area contributed by atoms with Crippen LogP contribution in [0, 0.1) is 13.8 Å². The number of aryl methyl sites for hydroxylation is 2. The third-order valence-corrected chi connectivity index (χ3v) is 5.52. The summed E-state index contributed by atoms with van der Waals surface area (Å²) in [5, 5.41) is 1.76. The fraction of sp³-hybridized carbons (Fsp3) is 0.0833. The molecule has 4 heteroatoms. The molecular weight excluding hydrogens is 362 g/mol. The van der Waals surface area contributed by atoms with Crippen molar-refractivity contribution in [1.29, 1.82) is 0 Å². The zero-order chi connectivity index (χ0) is 19.5. The van der Waals surface area contributed by atoms with E-state index < -0.39 is 0 Å². The molecule has 3 aromatic carbocycles. The molecule has 0 aliphatic rings. The maximum Gasteiger partial charge on any atom is 0.146 e. The summed E-state index contributed by atoms with van der Waals surface area (Å²) in [6.07, 6.45) is 0. The van der Waals surface area contributed by atoms with Crippen molar-refractivity contribution in [3.8, 4) is 21.8 Å². The first-order valence-corrected chi connectivity index (χ1v) is 9.96. The molecule has 28 heavy (non-hydrogen) atoms. The van der Waals surface area contributed by atoms with Gasteiger partial charge in [0.05, 0.1) is 0 Å². The van der Waals surface area contributed by atoms with Crippen molar-refractivity contribution in [1.82, 2.24) is 4.98 Å². The Morgan fingerprint density at radius 2 is 1.39 bits per heavy atom. The van der Waals surface area contributed by atoms with Crippen LogP contribution in [-0.4, -0.2) is 10.8 Å². The Kier molecular flexibility index (Phi) is 5.04. The number of aromatic nitrogens is 1. The average molecular weight is 384 g/mol. The lowest BCUT2D eigenvalue weighted by molar-refractivity contribution is 1.37. The second-order valence-electron chi connectivity index (χ2n) is 6.77. The van der Waals surface area contributed by atoms with Crippen molar-refractivity contribution in [2.75, 3.05) is 0 Å². The highest BCUT2D eigenvalue weighted by Gasteiger charge is 2.15. The minimum absolute atomic E-state index is 0.497. The van der Waals surface area contributed by atoms with Gasteiger partial charge in [-0.15, -0.1) is 0 Å². The molecule has 3 nitrogen and oxygen atoms in total. The smallest absolute Gasteiger partial charge is 0.146 e. The van der Waals surface area contributed by atoms with Crippen LogP contribution >= 0.6 is 11.3 Å². The molecule has 0 saturated carbocycles. The number of benzene rings is 3. The Morgan fingerprint density at radius 1 is 0.786 bits per heavy atom. The molecule has 0 bridgehead atoms. The first-order valence-electron chi connectivity index (χ1n) is 9.14. The summed E-state index contributed by atoms with van der Waals surface area (Å²) in [5.74, 6) is 0.497. The van der Waals surface area contributed by atoms with E-state index in [4.69, 9.17) is 15.7 Å². The SMILES string of the molecule is Cc1ccc(/C(N)=N/c2sc(-c3ccccc3)nc2-c2ccc(C)cc2)cc1. The Bertz CT molecular complexity index is 1110. The van der Waals surface area contributed by atoms with E-state index in [2.05, 4.69) is 50.2 Å². The number of hydrogen-bond acceptors (Lipinski definition) is 3. The molecule has 0 atom stereocenters. The van der Waals surface area contributed by atoms with Gasteiger partial charge in [0.2, 0.25) is 0 Å². The van der Waals surface area contributed by atoms with Gasteiger partial charge in [0.1, 0.15) is 21.5 Å². The molecule has 0 aliphatic heterocycles. The van der Waals surface area contributed by atoms with E-state index in [1.807, 2.05) is 42.5 Å². The molecule has 0 fully saturated rings. The molecule has 4 rings (SSSR count). The van der Waals surface area contributed by atoms with Crippen LogP contribution in [0.3, 0.4) is 0 Å². The molecule has 0 amide bonds. The van der Waals surface area contributed by atoms with E-state index in [0.717, 1.165) is 32.4 Å². The van der Waals surface area contributed by atoms with Crippen LogP contribution in [-0.2, 0) is 0 Å². The largest absolute Gasteiger partial charge is 0.383 e. The Morgan fingerprint density at radius 3 is 2.04 bits per heavy atom. The molecule has 0 unspecified atom stereocenters. The highest BCUT2D eigenvalue weighted by Crippen LogP contribution is 2.40. The van der Waals surface area contributed by atoms with Gasteiger partial charge in [-0.2, -0.15) is 0 Å². The molecule has 0 spiro atoms. The molecule has 138 valence electrons. The average Bonchev–Trinajstić information content (AvgIpc) is 3.13. The van der Waals surface area contributed by atoms with Gasteiger partial charge in [0.25, 0.3) is 0 Å². The van der Waals surface area contributed by atoms with E-state index in [-0.39, 0.29) is 0 Å². The van der Waals surface area contributed by atoms with Crippen LogP contribution in [0.5, 0.6) is 0 Å². The summed E-state index contributed by atoms with van der Waals surface area (Å²) in [6, 6.07) is 26.6. The number of nitrogens with zero attached hydrogens (tertiary/aromatic N) is 2. The molecule has 4 aromatic rings. The zero-order valence-corrected chi connectivity index (χ0v) is 16.7. The zero-order valence-electron chi connectivity index (χ0n) is 15.9. The Balaban J connectivity index is 1.82. The predicted octanol–water partition coefficient (Wildman–Crippen LogP) is 6.13. The number of thiazole rings is 1. The predicted molar refractivity (Wildman–Crippen MR) is 119 cm³/mol. The number of hydrogen-bond donors (Lipinski definition) is 1. The van der Waals surface area contributed by atoms with Gasteiger partial charge in [0, 0.05) is 16.7 Å². The third kappa shape index (κ3) is 3.87. The van der Waals surface area contributed by atoms with Crippen molar-refractivity contribution >= 4 is 22.2 Å². The summed E-state index contributed by atoms with van der Waals surface area (Å²) in [7, 11) is 0. The maximum absolute atomic E-state index is 6.33. The number of nitrogens with two attached hydrogens (primary N) is 1. The summed E-state index contributed by atoms with van der Waals surface area (Å²) >= 11 is 1.56. The molecule has 1 heterocycles. The van der Waals surface area contributed by atoms with Gasteiger partial charge >= 0.3 is 0 Å². The van der Waals surface area contributed by atoms with Gasteiger partial charge in [-0.1, -0.05) is 101 Å². The summed E-state index contributed by atoms with van der Waals surface area (Å²) < 4.78 is 0. The van der Waals surface area contributed by atoms with Crippen molar-refractivity contribution in [3.05, 3.63) is 95.6 Å². The van der Waals surface area contributed by atoms with Gasteiger partial charge in [-0.3, -0.25) is 0 Å². The lowest BCUT2D eigenvalue weighted by Crippen LogP contribution is -2.12. The van der Waals surface area contributed by atoms with E-state index in [0.29, 0.717) is 5.84 Å². The Hall–Kier alpha value is -3.24. The van der Waals surface area contributed by atoms with E-state index in [1.165, 1.54) is 11.1 Å². The Labute approximate surface area is 169 Å². The number of rotatable bonds is 4. The van der Waals surface area contributed by atoms with Crippen molar-refractivity contribution in [2.24, 2.45) is 10.7 Å². The van der Waals surface area contributed by atoms with E-state index in [1.54, 1.807) is 11.3 Å². The number of amidine groups is 1. The van der Waals surface area contributed by atoms with E-state index in [9.17, 15) is 0 Å². The minimum atomic E-state index is 0.497. The molecular formula is C24H21N3S. The molecule has 0 aliphatic carbocycles. The first kappa shape index (κ1) is 18.1. The van der Waals surface area contributed by atoms with E-state index >= 15 is 0 Å². The van der Waals surface area contributed by atoms with Crippen LogP contribution in [0.1, 0.15) is 16.7 Å². The second-order valence-corrected chi connectivity index (χ2v) is 7.75. The second kappa shape index (κ2) is 7.79. The minimum Gasteiger partial charge on any atom is -0.383 e. The highest BCUT2D eigenvalue weighted by molar-refractivity contribution is 7.19. The van der Waals surface area contributed by atoms with Gasteiger partial charge in [-0.25, -0.2) is 9.98 Å². The summed E-state index contributed by atoms with van der Waals surface area (Å²) in [4.78, 5) is 9.65. The van der Waals surface area contributed by atoms with Crippen LogP contribution < -0.4 is 5.73 Å². The quantitative estimate of drug-likeness (QED) is 0.340. The lowest BCUT2D eigenvalue weighted by Gasteiger charge is -2.03. The maximum atomic E-state index is 6.33. The van der Waals surface area contributed by atoms with Crippen LogP contribution in [0.15, 0.2) is 83.9 Å². The van der Waals surface area contributed by atoms with Gasteiger partial charge in [-0.05, 0) is 13.8 Å². The third-order valence-electron chi connectivity index (χ3n) is 4.52. The summed E-state index contributed by atoms with van der Waals surface area (Å²) in [5.41, 5.74) is 12.6. The normalized spacial score (nSPS) is 11.6. The van der Waals surface area contributed by atoms with Crippen molar-refractivity contribution in [3.63, 3.8) is 0 Å². The highest BCUT2D eigenvalue weighted by atomic mass is 32.1. The first-order chi connectivity index (χ1) is 13.6. The van der Waals surface area contributed by atoms with Crippen LogP contribution in [0.25, 0.3) is 21.8 Å². The van der Waals surface area contributed by atoms with Crippen LogP contribution in [0.2, 0.25) is 0 Å². The molecule has 2 N–H and O–H groups in total. The summed E-state index contributed by atoms with van der Waals surface area (Å²) in [6.45, 7) is 4.14. The standard InChI is InChI=1S/C24H21N3S/c1-16-8-12-18(13-9-16)21-24(27-22(25)19-14-10-17(2)11-15-19)28-23(26-21)20-6-4-3-5-7-20/h3-15H,1-2H3,(H2,25,27). The van der Waals surface area contributed by atoms with Gasteiger partial charge in [0.15, 0.2) is 0 Å². The monoisotopic (exact) mass is 383 g/mol. The fourth-order valence-corrected chi connectivity index (χ4v) is 3.87. The molecule has 1 aromatic heterocycles. The fourth-order valence-electron chi connectivity index (χ4n) is 2.89. The molecule has 0 radical (unpaired) electrons. The van der Waals surface area contributed by atoms with Crippen molar-refractivity contribution < 1.29 is 0 Å². The number of aliphatic imine (C=N–C) groups is 1. The van der Waals surface area contributed by atoms with Gasteiger partial charge < -0.3 is 5.73 Å². The lowest BCUT2D eigenvalue weighted by atomic mass is 10.1. The topological polar surface area (TPSA) is 51.3 Å². The van der Waals surface area contributed by atoms with Crippen LogP contribution in [0.4, 0.5) is 5.00 Å². The van der Waals surface area contributed by atoms with Crippen molar-refractivity contribution in [2.45, 2.75) is 13.8 Å².